The Morgan fingerprint density at radius 2 is 2.04 bits per heavy atom. The molecular formula is C15H12FN3O3S2. The van der Waals surface area contributed by atoms with E-state index in [-0.39, 0.29) is 24.0 Å². The van der Waals surface area contributed by atoms with Gasteiger partial charge in [-0.05, 0) is 17.7 Å². The highest BCUT2D eigenvalue weighted by Gasteiger charge is 2.31. The van der Waals surface area contributed by atoms with E-state index in [0.717, 1.165) is 27.1 Å². The molecule has 1 aromatic heterocycles. The number of amides is 3. The Kier molecular flexibility index (Phi) is 4.91. The predicted molar refractivity (Wildman–Crippen MR) is 89.5 cm³/mol. The number of imide groups is 1. The monoisotopic (exact) mass is 365 g/mol. The van der Waals surface area contributed by atoms with E-state index in [4.69, 9.17) is 0 Å². The number of thioether (sulfide) groups is 1. The number of hydrogen-bond acceptors (Lipinski definition) is 6. The number of anilines is 1. The zero-order valence-electron chi connectivity index (χ0n) is 12.3. The van der Waals surface area contributed by atoms with Gasteiger partial charge < -0.3 is 5.32 Å². The summed E-state index contributed by atoms with van der Waals surface area (Å²) in [4.78, 5) is 40.8. The van der Waals surface area contributed by atoms with Crippen LogP contribution in [-0.2, 0) is 16.0 Å². The van der Waals surface area contributed by atoms with E-state index < -0.39 is 11.1 Å². The molecule has 0 radical (unpaired) electrons. The molecule has 3 rings (SSSR count). The zero-order chi connectivity index (χ0) is 17.1. The number of carbonyl (C=O) groups excluding carboxylic acids is 3. The molecule has 0 unspecified atom stereocenters. The first kappa shape index (κ1) is 16.6. The van der Waals surface area contributed by atoms with Gasteiger partial charge in [0.15, 0.2) is 5.13 Å². The zero-order valence-corrected chi connectivity index (χ0v) is 14.0. The molecule has 1 saturated heterocycles. The van der Waals surface area contributed by atoms with Crippen molar-refractivity contribution in [3.8, 4) is 0 Å². The van der Waals surface area contributed by atoms with Crippen LogP contribution < -0.4 is 5.32 Å². The summed E-state index contributed by atoms with van der Waals surface area (Å²) >= 11 is 2.18. The van der Waals surface area contributed by atoms with Gasteiger partial charge in [-0.1, -0.05) is 23.9 Å². The molecule has 0 spiro atoms. The minimum Gasteiger partial charge on any atom is -0.300 e. The molecule has 1 fully saturated rings. The lowest BCUT2D eigenvalue weighted by Crippen LogP contribution is -2.36. The normalized spacial score (nSPS) is 14.3. The van der Waals surface area contributed by atoms with Gasteiger partial charge in [0.2, 0.25) is 11.8 Å². The Morgan fingerprint density at radius 1 is 1.29 bits per heavy atom. The van der Waals surface area contributed by atoms with Gasteiger partial charge in [-0.15, -0.1) is 11.3 Å². The van der Waals surface area contributed by atoms with E-state index in [1.807, 2.05) is 0 Å². The first-order chi connectivity index (χ1) is 11.5. The first-order valence-corrected chi connectivity index (χ1v) is 8.77. The van der Waals surface area contributed by atoms with Crippen molar-refractivity contribution >= 4 is 45.3 Å². The van der Waals surface area contributed by atoms with Crippen molar-refractivity contribution < 1.29 is 18.8 Å². The van der Waals surface area contributed by atoms with Crippen molar-refractivity contribution in [2.75, 3.05) is 17.6 Å². The Labute approximate surface area is 145 Å². The SMILES string of the molecule is O=C(CN1C(=O)CSC1=O)Nc1ncc(Cc2ccc(F)cc2)s1. The van der Waals surface area contributed by atoms with E-state index in [9.17, 15) is 18.8 Å². The molecule has 2 aromatic rings. The number of rotatable bonds is 5. The summed E-state index contributed by atoms with van der Waals surface area (Å²) in [5.74, 6) is -1.05. The molecule has 3 amide bonds. The molecule has 1 aliphatic heterocycles. The highest BCUT2D eigenvalue weighted by atomic mass is 32.2. The lowest BCUT2D eigenvalue weighted by Gasteiger charge is -2.11. The van der Waals surface area contributed by atoms with E-state index in [1.165, 1.54) is 23.5 Å². The summed E-state index contributed by atoms with van der Waals surface area (Å²) < 4.78 is 12.9. The second-order valence-electron chi connectivity index (χ2n) is 5.02. The molecule has 0 atom stereocenters. The molecule has 24 heavy (non-hydrogen) atoms. The van der Waals surface area contributed by atoms with Crippen LogP contribution in [0.1, 0.15) is 10.4 Å². The maximum Gasteiger partial charge on any atom is 0.289 e. The molecular weight excluding hydrogens is 353 g/mol. The predicted octanol–water partition coefficient (Wildman–Crippen LogP) is 2.51. The number of nitrogens with one attached hydrogen (secondary N) is 1. The molecule has 124 valence electrons. The molecule has 0 aliphatic carbocycles. The summed E-state index contributed by atoms with van der Waals surface area (Å²) in [6.07, 6.45) is 2.21. The van der Waals surface area contributed by atoms with Gasteiger partial charge in [-0.3, -0.25) is 19.3 Å². The molecule has 2 heterocycles. The molecule has 1 aliphatic rings. The Morgan fingerprint density at radius 3 is 2.71 bits per heavy atom. The fourth-order valence-corrected chi connectivity index (χ4v) is 3.67. The van der Waals surface area contributed by atoms with Crippen molar-refractivity contribution in [2.45, 2.75) is 6.42 Å². The van der Waals surface area contributed by atoms with Crippen LogP contribution in [0.4, 0.5) is 14.3 Å². The quantitative estimate of drug-likeness (QED) is 0.881. The van der Waals surface area contributed by atoms with Gasteiger partial charge in [0.05, 0.1) is 5.75 Å². The maximum atomic E-state index is 12.9. The summed E-state index contributed by atoms with van der Waals surface area (Å²) in [5, 5.41) is 2.56. The van der Waals surface area contributed by atoms with Gasteiger partial charge in [0.1, 0.15) is 12.4 Å². The second kappa shape index (κ2) is 7.10. The Hall–Kier alpha value is -2.26. The van der Waals surface area contributed by atoms with Crippen LogP contribution in [0.3, 0.4) is 0 Å². The standard InChI is InChI=1S/C15H12FN3O3S2/c16-10-3-1-9(2-4-10)5-11-6-17-14(24-11)18-12(20)7-19-13(21)8-23-15(19)22/h1-4,6H,5,7-8H2,(H,17,18,20). The smallest absolute Gasteiger partial charge is 0.289 e. The van der Waals surface area contributed by atoms with E-state index in [1.54, 1.807) is 18.3 Å². The van der Waals surface area contributed by atoms with Gasteiger partial charge >= 0.3 is 0 Å². The van der Waals surface area contributed by atoms with Crippen LogP contribution in [0.25, 0.3) is 0 Å². The molecule has 6 nitrogen and oxygen atoms in total. The lowest BCUT2D eigenvalue weighted by atomic mass is 10.1. The minimum absolute atomic E-state index is 0.0746. The van der Waals surface area contributed by atoms with E-state index >= 15 is 0 Å². The number of aromatic nitrogens is 1. The largest absolute Gasteiger partial charge is 0.300 e. The Balaban J connectivity index is 1.57. The molecule has 0 bridgehead atoms. The number of nitrogens with zero attached hydrogens (tertiary/aromatic N) is 2. The van der Waals surface area contributed by atoms with Crippen molar-refractivity contribution in [3.05, 3.63) is 46.7 Å². The average Bonchev–Trinajstić information content (AvgIpc) is 3.11. The molecule has 1 N–H and O–H groups in total. The van der Waals surface area contributed by atoms with Crippen LogP contribution in [0.15, 0.2) is 30.5 Å². The first-order valence-electron chi connectivity index (χ1n) is 6.97. The number of benzene rings is 1. The number of hydrogen-bond donors (Lipinski definition) is 1. The number of carbonyl (C=O) groups is 3. The fraction of sp³-hybridized carbons (Fsp3) is 0.200. The molecule has 0 saturated carbocycles. The maximum absolute atomic E-state index is 12.9. The van der Waals surface area contributed by atoms with Gasteiger partial charge in [0.25, 0.3) is 5.24 Å². The molecule has 1 aromatic carbocycles. The van der Waals surface area contributed by atoms with Crippen LogP contribution >= 0.6 is 23.1 Å². The van der Waals surface area contributed by atoms with E-state index in [0.29, 0.717) is 11.6 Å². The highest BCUT2D eigenvalue weighted by Crippen LogP contribution is 2.22. The van der Waals surface area contributed by atoms with Crippen LogP contribution in [0.5, 0.6) is 0 Å². The lowest BCUT2D eigenvalue weighted by molar-refractivity contribution is -0.128. The van der Waals surface area contributed by atoms with Crippen molar-refractivity contribution in [2.24, 2.45) is 0 Å². The van der Waals surface area contributed by atoms with E-state index in [2.05, 4.69) is 10.3 Å². The average molecular weight is 365 g/mol. The fourth-order valence-electron chi connectivity index (χ4n) is 2.09. The topological polar surface area (TPSA) is 79.4 Å². The summed E-state index contributed by atoms with van der Waals surface area (Å²) in [5.41, 5.74) is 0.934. The molecule has 9 heteroatoms. The third kappa shape index (κ3) is 3.98. The summed E-state index contributed by atoms with van der Waals surface area (Å²) in [6, 6.07) is 6.16. The van der Waals surface area contributed by atoms with Crippen molar-refractivity contribution in [1.82, 2.24) is 9.88 Å². The van der Waals surface area contributed by atoms with Crippen molar-refractivity contribution in [1.29, 1.82) is 0 Å². The third-order valence-electron chi connectivity index (χ3n) is 3.23. The van der Waals surface area contributed by atoms with Gasteiger partial charge in [-0.25, -0.2) is 9.37 Å². The van der Waals surface area contributed by atoms with Crippen LogP contribution in [0.2, 0.25) is 0 Å². The van der Waals surface area contributed by atoms with Crippen molar-refractivity contribution in [3.63, 3.8) is 0 Å². The van der Waals surface area contributed by atoms with Crippen LogP contribution in [0, 0.1) is 5.82 Å². The highest BCUT2D eigenvalue weighted by molar-refractivity contribution is 8.14. The number of halogens is 1. The minimum atomic E-state index is -0.470. The van der Waals surface area contributed by atoms with Gasteiger partial charge in [-0.2, -0.15) is 0 Å². The van der Waals surface area contributed by atoms with Crippen LogP contribution in [-0.4, -0.2) is 39.2 Å². The number of thiazole rings is 1. The van der Waals surface area contributed by atoms with Gasteiger partial charge in [0, 0.05) is 17.5 Å². The third-order valence-corrected chi connectivity index (χ3v) is 5.01. The second-order valence-corrected chi connectivity index (χ2v) is 7.06. The summed E-state index contributed by atoms with van der Waals surface area (Å²) in [6.45, 7) is -0.308. The summed E-state index contributed by atoms with van der Waals surface area (Å²) in [7, 11) is 0. The Bertz CT molecular complexity index is 776.